The quantitative estimate of drug-likeness (QED) is 0.686. The molecule has 3 heteroatoms. The van der Waals surface area contributed by atoms with Gasteiger partial charge in [-0.05, 0) is 33.7 Å². The van der Waals surface area contributed by atoms with Crippen LogP contribution in [0.3, 0.4) is 0 Å². The van der Waals surface area contributed by atoms with Gasteiger partial charge in [0.05, 0.1) is 12.5 Å². The lowest BCUT2D eigenvalue weighted by molar-refractivity contribution is 0.0928. The highest BCUT2D eigenvalue weighted by Gasteiger charge is 2.29. The molecule has 0 aliphatic carbocycles. The molecule has 0 aromatic heterocycles. The highest BCUT2D eigenvalue weighted by atomic mass is 15.2. The van der Waals surface area contributed by atoms with E-state index in [0.29, 0.717) is 12.5 Å². The van der Waals surface area contributed by atoms with E-state index in [1.807, 2.05) is 0 Å². The number of hydrogen-bond donors (Lipinski definition) is 1. The molecule has 0 radical (unpaired) electrons. The molecule has 14 heavy (non-hydrogen) atoms. The summed E-state index contributed by atoms with van der Waals surface area (Å²) in [4.78, 5) is 2.45. The minimum atomic E-state index is 0.174. The Labute approximate surface area is 87.1 Å². The van der Waals surface area contributed by atoms with E-state index < -0.39 is 0 Å². The van der Waals surface area contributed by atoms with Crippen LogP contribution in [0.15, 0.2) is 0 Å². The summed E-state index contributed by atoms with van der Waals surface area (Å²) in [6.45, 7) is 9.80. The standard InChI is InChI=1S/C11H21N3/c1-11(2,3)14-8-4-7-13-9-10(14)5-6-12/h10,13H,4-5,7-9H2,1-3H3. The second-order valence-electron chi connectivity index (χ2n) is 4.94. The smallest absolute Gasteiger partial charge is 0.0638 e. The summed E-state index contributed by atoms with van der Waals surface area (Å²) in [5.41, 5.74) is 0.174. The first-order valence-electron chi connectivity index (χ1n) is 5.40. The van der Waals surface area contributed by atoms with Crippen molar-refractivity contribution >= 4 is 0 Å². The average Bonchev–Trinajstić information content (AvgIpc) is 2.29. The van der Waals surface area contributed by atoms with Crippen molar-refractivity contribution < 1.29 is 0 Å². The Balaban J connectivity index is 2.70. The first kappa shape index (κ1) is 11.5. The number of hydrogen-bond acceptors (Lipinski definition) is 3. The molecule has 1 saturated heterocycles. The van der Waals surface area contributed by atoms with Crippen molar-refractivity contribution in [3.05, 3.63) is 0 Å². The molecule has 0 aromatic carbocycles. The third-order valence-corrected chi connectivity index (χ3v) is 2.76. The fourth-order valence-corrected chi connectivity index (χ4v) is 2.11. The molecule has 0 amide bonds. The van der Waals surface area contributed by atoms with Gasteiger partial charge in [0.2, 0.25) is 0 Å². The van der Waals surface area contributed by atoms with Crippen molar-refractivity contribution in [3.8, 4) is 6.07 Å². The lowest BCUT2D eigenvalue weighted by Gasteiger charge is -2.39. The number of nitriles is 1. The van der Waals surface area contributed by atoms with Gasteiger partial charge in [0.15, 0.2) is 0 Å². The SMILES string of the molecule is CC(C)(C)N1CCCNCC1CC#N. The molecule has 80 valence electrons. The van der Waals surface area contributed by atoms with E-state index in [-0.39, 0.29) is 5.54 Å². The van der Waals surface area contributed by atoms with Gasteiger partial charge in [0, 0.05) is 24.7 Å². The summed E-state index contributed by atoms with van der Waals surface area (Å²) in [5, 5.41) is 12.2. The molecule has 1 fully saturated rings. The molecule has 1 atom stereocenters. The van der Waals surface area contributed by atoms with Crippen LogP contribution in [0.1, 0.15) is 33.6 Å². The van der Waals surface area contributed by atoms with Crippen LogP contribution in [0.4, 0.5) is 0 Å². The zero-order chi connectivity index (χ0) is 10.6. The van der Waals surface area contributed by atoms with Gasteiger partial charge in [0.1, 0.15) is 0 Å². The average molecular weight is 195 g/mol. The molecule has 0 bridgehead atoms. The fraction of sp³-hybridized carbons (Fsp3) is 0.909. The molecule has 1 aliphatic rings. The number of rotatable bonds is 1. The minimum Gasteiger partial charge on any atom is -0.315 e. The lowest BCUT2D eigenvalue weighted by atomic mass is 10.0. The zero-order valence-electron chi connectivity index (χ0n) is 9.51. The predicted octanol–water partition coefficient (Wildman–Crippen LogP) is 1.36. The largest absolute Gasteiger partial charge is 0.315 e. The van der Waals surface area contributed by atoms with Crippen LogP contribution in [0.5, 0.6) is 0 Å². The van der Waals surface area contributed by atoms with Crippen LogP contribution in [-0.2, 0) is 0 Å². The molecule has 1 unspecified atom stereocenters. The predicted molar refractivity (Wildman–Crippen MR) is 58.0 cm³/mol. The van der Waals surface area contributed by atoms with Gasteiger partial charge in [0.25, 0.3) is 0 Å². The van der Waals surface area contributed by atoms with Crippen molar-refractivity contribution in [1.29, 1.82) is 5.26 Å². The van der Waals surface area contributed by atoms with Gasteiger partial charge in [-0.2, -0.15) is 5.26 Å². The maximum atomic E-state index is 8.79. The molecule has 1 heterocycles. The van der Waals surface area contributed by atoms with Crippen molar-refractivity contribution in [2.75, 3.05) is 19.6 Å². The molecule has 1 aliphatic heterocycles. The third-order valence-electron chi connectivity index (χ3n) is 2.76. The summed E-state index contributed by atoms with van der Waals surface area (Å²) < 4.78 is 0. The van der Waals surface area contributed by atoms with Gasteiger partial charge in [-0.15, -0.1) is 0 Å². The topological polar surface area (TPSA) is 39.1 Å². The van der Waals surface area contributed by atoms with Gasteiger partial charge < -0.3 is 5.32 Å². The van der Waals surface area contributed by atoms with Gasteiger partial charge in [-0.25, -0.2) is 0 Å². The molecule has 0 spiro atoms. The molecule has 0 saturated carbocycles. The van der Waals surface area contributed by atoms with Crippen LogP contribution in [0.25, 0.3) is 0 Å². The minimum absolute atomic E-state index is 0.174. The third kappa shape index (κ3) is 2.97. The first-order chi connectivity index (χ1) is 6.55. The monoisotopic (exact) mass is 195 g/mol. The first-order valence-corrected chi connectivity index (χ1v) is 5.40. The summed E-state index contributed by atoms with van der Waals surface area (Å²) in [6.07, 6.45) is 1.81. The van der Waals surface area contributed by atoms with E-state index in [4.69, 9.17) is 5.26 Å². The van der Waals surface area contributed by atoms with Crippen molar-refractivity contribution in [3.63, 3.8) is 0 Å². The maximum Gasteiger partial charge on any atom is 0.0638 e. The van der Waals surface area contributed by atoms with Crippen LogP contribution < -0.4 is 5.32 Å². The fourth-order valence-electron chi connectivity index (χ4n) is 2.11. The Bertz CT molecular complexity index is 212. The molecule has 3 nitrogen and oxygen atoms in total. The lowest BCUT2D eigenvalue weighted by Crippen LogP contribution is -2.50. The number of nitrogens with zero attached hydrogens (tertiary/aromatic N) is 2. The highest BCUT2D eigenvalue weighted by Crippen LogP contribution is 2.20. The van der Waals surface area contributed by atoms with Crippen LogP contribution >= 0.6 is 0 Å². The molecule has 1 rings (SSSR count). The van der Waals surface area contributed by atoms with E-state index in [9.17, 15) is 0 Å². The Morgan fingerprint density at radius 2 is 2.21 bits per heavy atom. The molecular weight excluding hydrogens is 174 g/mol. The normalized spacial score (nSPS) is 25.4. The second-order valence-corrected chi connectivity index (χ2v) is 4.94. The van der Waals surface area contributed by atoms with Gasteiger partial charge >= 0.3 is 0 Å². The Hall–Kier alpha value is -0.590. The number of nitrogens with one attached hydrogen (secondary N) is 1. The van der Waals surface area contributed by atoms with Crippen molar-refractivity contribution in [1.82, 2.24) is 10.2 Å². The van der Waals surface area contributed by atoms with E-state index in [1.54, 1.807) is 0 Å². The van der Waals surface area contributed by atoms with E-state index >= 15 is 0 Å². The second kappa shape index (κ2) is 4.77. The molecule has 0 aromatic rings. The van der Waals surface area contributed by atoms with E-state index in [2.05, 4.69) is 37.1 Å². The van der Waals surface area contributed by atoms with Crippen LogP contribution in [-0.4, -0.2) is 36.1 Å². The highest BCUT2D eigenvalue weighted by molar-refractivity contribution is 4.91. The summed E-state index contributed by atoms with van der Waals surface area (Å²) in [5.74, 6) is 0. The van der Waals surface area contributed by atoms with Crippen molar-refractivity contribution in [2.24, 2.45) is 0 Å². The Kier molecular flexibility index (Phi) is 3.91. The summed E-state index contributed by atoms with van der Waals surface area (Å²) >= 11 is 0. The van der Waals surface area contributed by atoms with Crippen LogP contribution in [0, 0.1) is 11.3 Å². The van der Waals surface area contributed by atoms with Crippen LogP contribution in [0.2, 0.25) is 0 Å². The van der Waals surface area contributed by atoms with E-state index in [1.165, 1.54) is 6.42 Å². The summed E-state index contributed by atoms with van der Waals surface area (Å²) in [7, 11) is 0. The Morgan fingerprint density at radius 3 is 2.79 bits per heavy atom. The molecular formula is C11H21N3. The van der Waals surface area contributed by atoms with E-state index in [0.717, 1.165) is 19.6 Å². The Morgan fingerprint density at radius 1 is 1.50 bits per heavy atom. The van der Waals surface area contributed by atoms with Gasteiger partial charge in [-0.1, -0.05) is 0 Å². The summed E-state index contributed by atoms with van der Waals surface area (Å²) in [6, 6.07) is 2.66. The van der Waals surface area contributed by atoms with Crippen molar-refractivity contribution in [2.45, 2.75) is 45.2 Å². The molecule has 1 N–H and O–H groups in total. The zero-order valence-corrected chi connectivity index (χ0v) is 9.51. The van der Waals surface area contributed by atoms with Gasteiger partial charge in [-0.3, -0.25) is 4.90 Å². The maximum absolute atomic E-state index is 8.79.